The number of piperidine rings is 1. The van der Waals surface area contributed by atoms with E-state index < -0.39 is 0 Å². The lowest BCUT2D eigenvalue weighted by Crippen LogP contribution is -2.51. The molecule has 1 N–H and O–H groups in total. The largest absolute Gasteiger partial charge is 0.393 e. The van der Waals surface area contributed by atoms with Crippen LogP contribution >= 0.6 is 0 Å². The lowest BCUT2D eigenvalue weighted by Gasteiger charge is -2.38. The molecule has 3 heterocycles. The van der Waals surface area contributed by atoms with Crippen LogP contribution in [-0.2, 0) is 16.1 Å². The van der Waals surface area contributed by atoms with Gasteiger partial charge < -0.3 is 14.9 Å². The van der Waals surface area contributed by atoms with Gasteiger partial charge in [0.25, 0.3) is 0 Å². The minimum atomic E-state index is -0.257. The Morgan fingerprint density at radius 2 is 1.61 bits per heavy atom. The first-order chi connectivity index (χ1) is 15.0. The third-order valence-electron chi connectivity index (χ3n) is 7.27. The minimum Gasteiger partial charge on any atom is -0.393 e. The zero-order valence-corrected chi connectivity index (χ0v) is 18.8. The van der Waals surface area contributed by atoms with Crippen molar-refractivity contribution in [3.05, 3.63) is 29.8 Å². The summed E-state index contributed by atoms with van der Waals surface area (Å²) in [5.74, 6) is 0.281. The van der Waals surface area contributed by atoms with Crippen LogP contribution in [0.25, 0.3) is 0 Å². The molecule has 170 valence electrons. The third-order valence-corrected chi connectivity index (χ3v) is 7.27. The van der Waals surface area contributed by atoms with Crippen LogP contribution in [0.15, 0.2) is 24.3 Å². The minimum absolute atomic E-state index is 0.0792. The number of fused-ring (bicyclic) bond motifs is 3. The molecule has 2 amide bonds. The Balaban J connectivity index is 1.52. The molecule has 2 fully saturated rings. The zero-order valence-electron chi connectivity index (χ0n) is 18.8. The van der Waals surface area contributed by atoms with Crippen molar-refractivity contribution in [2.75, 3.05) is 24.5 Å². The van der Waals surface area contributed by atoms with Crippen molar-refractivity contribution in [1.82, 2.24) is 9.80 Å². The van der Waals surface area contributed by atoms with Crippen molar-refractivity contribution < 1.29 is 14.7 Å². The first kappa shape index (κ1) is 22.3. The summed E-state index contributed by atoms with van der Waals surface area (Å²) in [7, 11) is 0. The van der Waals surface area contributed by atoms with Gasteiger partial charge in [-0.15, -0.1) is 0 Å². The summed E-state index contributed by atoms with van der Waals surface area (Å²) >= 11 is 0. The van der Waals surface area contributed by atoms with Crippen molar-refractivity contribution in [3.8, 4) is 0 Å². The molecule has 2 atom stereocenters. The Labute approximate surface area is 186 Å². The van der Waals surface area contributed by atoms with E-state index in [0.717, 1.165) is 75.7 Å². The number of benzene rings is 1. The van der Waals surface area contributed by atoms with Crippen LogP contribution in [0, 0.1) is 0 Å². The van der Waals surface area contributed by atoms with E-state index in [4.69, 9.17) is 0 Å². The van der Waals surface area contributed by atoms with E-state index in [9.17, 15) is 14.7 Å². The molecule has 1 aromatic rings. The number of carbonyl (C=O) groups excluding carboxylic acids is 2. The highest BCUT2D eigenvalue weighted by atomic mass is 16.3. The first-order valence-corrected chi connectivity index (χ1v) is 12.1. The molecule has 2 unspecified atom stereocenters. The topological polar surface area (TPSA) is 64.1 Å². The van der Waals surface area contributed by atoms with E-state index in [2.05, 4.69) is 15.9 Å². The molecule has 2 saturated heterocycles. The molecule has 0 aliphatic carbocycles. The van der Waals surface area contributed by atoms with Crippen molar-refractivity contribution in [2.24, 2.45) is 0 Å². The molecule has 0 spiro atoms. The standard InChI is InChI=1S/C25H37N3O3/c1-19(29)27-14-8-4-2-3-7-13-26(17-20-9-5-6-10-24(20)27)18-25(31)28-21-11-12-22(28)16-23(30)15-21/h5-6,9-10,21-23,30H,2-4,7-8,11-18H2,1H3. The second kappa shape index (κ2) is 10.1. The van der Waals surface area contributed by atoms with Gasteiger partial charge in [0.05, 0.1) is 12.6 Å². The fourth-order valence-corrected chi connectivity index (χ4v) is 5.77. The molecular weight excluding hydrogens is 390 g/mol. The van der Waals surface area contributed by atoms with E-state index >= 15 is 0 Å². The molecule has 0 radical (unpaired) electrons. The fourth-order valence-electron chi connectivity index (χ4n) is 5.77. The van der Waals surface area contributed by atoms with Crippen molar-refractivity contribution in [1.29, 1.82) is 0 Å². The molecular formula is C25H37N3O3. The number of rotatable bonds is 2. The molecule has 6 heteroatoms. The molecule has 3 aliphatic rings. The summed E-state index contributed by atoms with van der Waals surface area (Å²) in [5.41, 5.74) is 2.09. The Hall–Kier alpha value is -1.92. The van der Waals surface area contributed by atoms with Gasteiger partial charge in [0.15, 0.2) is 0 Å². The van der Waals surface area contributed by atoms with Gasteiger partial charge in [-0.05, 0) is 56.7 Å². The number of para-hydroxylation sites is 1. The van der Waals surface area contributed by atoms with Crippen molar-refractivity contribution >= 4 is 17.5 Å². The Kier molecular flexibility index (Phi) is 7.28. The molecule has 31 heavy (non-hydrogen) atoms. The maximum absolute atomic E-state index is 13.3. The van der Waals surface area contributed by atoms with Crippen LogP contribution in [0.5, 0.6) is 0 Å². The Bertz CT molecular complexity index is 769. The highest BCUT2D eigenvalue weighted by Gasteiger charge is 2.42. The summed E-state index contributed by atoms with van der Waals surface area (Å²) in [4.78, 5) is 32.0. The molecule has 4 rings (SSSR count). The van der Waals surface area contributed by atoms with E-state index in [-0.39, 0.29) is 30.0 Å². The van der Waals surface area contributed by atoms with Crippen molar-refractivity contribution in [3.63, 3.8) is 0 Å². The van der Waals surface area contributed by atoms with E-state index in [1.54, 1.807) is 6.92 Å². The lowest BCUT2D eigenvalue weighted by atomic mass is 9.99. The summed E-state index contributed by atoms with van der Waals surface area (Å²) in [6, 6.07) is 8.55. The normalized spacial score (nSPS) is 27.9. The number of carbonyl (C=O) groups is 2. The van der Waals surface area contributed by atoms with Gasteiger partial charge in [0.2, 0.25) is 11.8 Å². The van der Waals surface area contributed by atoms with Gasteiger partial charge in [0, 0.05) is 37.8 Å². The number of hydrogen-bond acceptors (Lipinski definition) is 4. The van der Waals surface area contributed by atoms with Gasteiger partial charge in [-0.1, -0.05) is 37.5 Å². The second-order valence-electron chi connectivity index (χ2n) is 9.59. The van der Waals surface area contributed by atoms with Crippen LogP contribution in [-0.4, -0.2) is 64.5 Å². The SMILES string of the molecule is CC(=O)N1CCCCCCCN(CC(=O)N2C3CCC2CC(O)C3)Cc2ccccc21. The number of amides is 2. The second-order valence-corrected chi connectivity index (χ2v) is 9.59. The van der Waals surface area contributed by atoms with E-state index in [0.29, 0.717) is 13.1 Å². The van der Waals surface area contributed by atoms with Crippen LogP contribution in [0.2, 0.25) is 0 Å². The van der Waals surface area contributed by atoms with Gasteiger partial charge in [-0.25, -0.2) is 0 Å². The summed E-state index contributed by atoms with van der Waals surface area (Å²) in [6.45, 7) is 4.39. The predicted molar refractivity (Wildman–Crippen MR) is 122 cm³/mol. The van der Waals surface area contributed by atoms with E-state index in [1.165, 1.54) is 6.42 Å². The summed E-state index contributed by atoms with van der Waals surface area (Å²) < 4.78 is 0. The summed E-state index contributed by atoms with van der Waals surface area (Å²) in [5, 5.41) is 10.1. The molecule has 2 bridgehead atoms. The van der Waals surface area contributed by atoms with Crippen LogP contribution in [0.3, 0.4) is 0 Å². The Morgan fingerprint density at radius 1 is 0.968 bits per heavy atom. The molecule has 6 nitrogen and oxygen atoms in total. The zero-order chi connectivity index (χ0) is 21.8. The van der Waals surface area contributed by atoms with Crippen molar-refractivity contribution in [2.45, 2.75) is 89.4 Å². The summed E-state index contributed by atoms with van der Waals surface area (Å²) in [6.07, 6.45) is 8.80. The van der Waals surface area contributed by atoms with Gasteiger partial charge in [0.1, 0.15) is 0 Å². The van der Waals surface area contributed by atoms with Gasteiger partial charge >= 0.3 is 0 Å². The predicted octanol–water partition coefficient (Wildman–Crippen LogP) is 3.32. The maximum atomic E-state index is 13.3. The molecule has 0 aromatic heterocycles. The third kappa shape index (κ3) is 5.29. The van der Waals surface area contributed by atoms with Crippen LogP contribution in [0.4, 0.5) is 5.69 Å². The first-order valence-electron chi connectivity index (χ1n) is 12.1. The monoisotopic (exact) mass is 427 g/mol. The fraction of sp³-hybridized carbons (Fsp3) is 0.680. The van der Waals surface area contributed by atoms with E-state index in [1.807, 2.05) is 23.1 Å². The smallest absolute Gasteiger partial charge is 0.237 e. The maximum Gasteiger partial charge on any atom is 0.237 e. The quantitative estimate of drug-likeness (QED) is 0.786. The number of aliphatic hydroxyl groups is 1. The number of aliphatic hydroxyl groups excluding tert-OH is 1. The average molecular weight is 428 g/mol. The number of anilines is 1. The molecule has 0 saturated carbocycles. The lowest BCUT2D eigenvalue weighted by molar-refractivity contribution is -0.138. The Morgan fingerprint density at radius 3 is 2.32 bits per heavy atom. The van der Waals surface area contributed by atoms with Crippen LogP contribution < -0.4 is 4.90 Å². The number of nitrogens with zero attached hydrogens (tertiary/aromatic N) is 3. The number of hydrogen-bond donors (Lipinski definition) is 1. The van der Waals surface area contributed by atoms with Gasteiger partial charge in [-0.2, -0.15) is 0 Å². The highest BCUT2D eigenvalue weighted by Crippen LogP contribution is 2.36. The highest BCUT2D eigenvalue weighted by molar-refractivity contribution is 5.92. The van der Waals surface area contributed by atoms with Crippen LogP contribution in [0.1, 0.15) is 70.3 Å². The molecule has 3 aliphatic heterocycles. The van der Waals surface area contributed by atoms with Gasteiger partial charge in [-0.3, -0.25) is 14.5 Å². The molecule has 1 aromatic carbocycles. The average Bonchev–Trinajstić information content (AvgIpc) is 3.00.